The molecule has 1 N–H and O–H groups in total. The lowest BCUT2D eigenvalue weighted by atomic mass is 9.79. The molecule has 1 aromatic carbocycles. The van der Waals surface area contributed by atoms with Crippen LogP contribution in [0.25, 0.3) is 11.0 Å². The average Bonchev–Trinajstić information content (AvgIpc) is 2.60. The highest BCUT2D eigenvalue weighted by Crippen LogP contribution is 2.35. The van der Waals surface area contributed by atoms with E-state index in [1.54, 1.807) is 6.07 Å². The highest BCUT2D eigenvalue weighted by atomic mass is 35.5. The number of aromatic nitrogens is 3. The summed E-state index contributed by atoms with van der Waals surface area (Å²) >= 11 is 6.11. The number of nitrogens with zero attached hydrogens (tertiary/aromatic N) is 2. The summed E-state index contributed by atoms with van der Waals surface area (Å²) in [7, 11) is 0. The van der Waals surface area contributed by atoms with E-state index in [0.29, 0.717) is 40.0 Å². The highest BCUT2D eigenvalue weighted by Gasteiger charge is 2.30. The van der Waals surface area contributed by atoms with Gasteiger partial charge in [0.05, 0.1) is 5.39 Å². The van der Waals surface area contributed by atoms with E-state index in [0.717, 1.165) is 5.56 Å². The number of halogens is 1. The van der Waals surface area contributed by atoms with Gasteiger partial charge < -0.3 is 0 Å². The molecule has 0 spiro atoms. The Bertz CT molecular complexity index is 1190. The van der Waals surface area contributed by atoms with Crippen molar-refractivity contribution in [1.29, 1.82) is 0 Å². The first-order chi connectivity index (χ1) is 12.9. The smallest absolute Gasteiger partial charge is 0.294 e. The SMILES string of the molecule is CC(C)n1c(=O)[nH]c(=O)c2c3c(cnc21)C(=O)C[C@H](c1cccc(Cl)c1)C3. The van der Waals surface area contributed by atoms with Crippen LogP contribution in [0.4, 0.5) is 0 Å². The van der Waals surface area contributed by atoms with Crippen LogP contribution in [0.1, 0.15) is 53.7 Å². The largest absolute Gasteiger partial charge is 0.330 e. The molecule has 7 heteroatoms. The summed E-state index contributed by atoms with van der Waals surface area (Å²) in [5, 5.41) is 0.928. The number of rotatable bonds is 2. The van der Waals surface area contributed by atoms with Crippen molar-refractivity contribution < 1.29 is 4.79 Å². The molecule has 3 aromatic rings. The monoisotopic (exact) mass is 383 g/mol. The fraction of sp³-hybridized carbons (Fsp3) is 0.300. The van der Waals surface area contributed by atoms with Crippen LogP contribution in [0.2, 0.25) is 5.02 Å². The number of aromatic amines is 1. The second kappa shape index (κ2) is 6.46. The first kappa shape index (κ1) is 17.7. The minimum Gasteiger partial charge on any atom is -0.294 e. The first-order valence-corrected chi connectivity index (χ1v) is 9.19. The van der Waals surface area contributed by atoms with Crippen LogP contribution in [0.5, 0.6) is 0 Å². The Morgan fingerprint density at radius 3 is 2.70 bits per heavy atom. The number of fused-ring (bicyclic) bond motifs is 3. The summed E-state index contributed by atoms with van der Waals surface area (Å²) in [6.07, 6.45) is 2.34. The molecule has 0 saturated carbocycles. The second-order valence-electron chi connectivity index (χ2n) is 7.16. The van der Waals surface area contributed by atoms with E-state index in [-0.39, 0.29) is 17.7 Å². The molecular weight excluding hydrogens is 366 g/mol. The molecule has 0 radical (unpaired) electrons. The second-order valence-corrected chi connectivity index (χ2v) is 7.59. The van der Waals surface area contributed by atoms with Crippen molar-refractivity contribution in [2.24, 2.45) is 0 Å². The van der Waals surface area contributed by atoms with Gasteiger partial charge in [0.1, 0.15) is 5.65 Å². The predicted molar refractivity (Wildman–Crippen MR) is 104 cm³/mol. The molecule has 1 aliphatic rings. The minimum atomic E-state index is -0.504. The maximum absolute atomic E-state index is 12.7. The van der Waals surface area contributed by atoms with Crippen molar-refractivity contribution >= 4 is 28.4 Å². The zero-order valence-electron chi connectivity index (χ0n) is 15.0. The lowest BCUT2D eigenvalue weighted by Gasteiger charge is -2.25. The van der Waals surface area contributed by atoms with Crippen LogP contribution in [0.3, 0.4) is 0 Å². The van der Waals surface area contributed by atoms with Gasteiger partial charge in [0.25, 0.3) is 5.56 Å². The molecule has 1 atom stereocenters. The number of nitrogens with one attached hydrogen (secondary N) is 1. The number of carbonyl (C=O) groups excluding carboxylic acids is 1. The number of hydrogen-bond acceptors (Lipinski definition) is 4. The Morgan fingerprint density at radius 2 is 2.00 bits per heavy atom. The topological polar surface area (TPSA) is 84.8 Å². The summed E-state index contributed by atoms with van der Waals surface area (Å²) in [6.45, 7) is 3.69. The first-order valence-electron chi connectivity index (χ1n) is 8.82. The molecule has 4 rings (SSSR count). The molecule has 0 saturated heterocycles. The van der Waals surface area contributed by atoms with Gasteiger partial charge in [-0.2, -0.15) is 0 Å². The van der Waals surface area contributed by atoms with Crippen molar-refractivity contribution in [2.45, 2.75) is 38.6 Å². The van der Waals surface area contributed by atoms with Crippen molar-refractivity contribution in [2.75, 3.05) is 0 Å². The molecule has 0 aliphatic heterocycles. The molecule has 0 amide bonds. The molecular formula is C20H18ClN3O3. The number of carbonyl (C=O) groups is 1. The van der Waals surface area contributed by atoms with Gasteiger partial charge in [-0.15, -0.1) is 0 Å². The lowest BCUT2D eigenvalue weighted by molar-refractivity contribution is 0.0964. The summed E-state index contributed by atoms with van der Waals surface area (Å²) in [5.41, 5.74) is 1.38. The fourth-order valence-electron chi connectivity index (χ4n) is 3.85. The number of ketones is 1. The normalized spacial score (nSPS) is 16.7. The van der Waals surface area contributed by atoms with E-state index in [9.17, 15) is 14.4 Å². The quantitative estimate of drug-likeness (QED) is 0.736. The average molecular weight is 384 g/mol. The molecule has 0 fully saturated rings. The van der Waals surface area contributed by atoms with Gasteiger partial charge in [0.2, 0.25) is 0 Å². The van der Waals surface area contributed by atoms with Gasteiger partial charge in [0.15, 0.2) is 5.78 Å². The minimum absolute atomic E-state index is 0.0580. The standard InChI is InChI=1S/C20H18ClN3O3/c1-10(2)24-18-17(19(26)23-20(24)27)14-7-12(8-16(25)15(14)9-22-18)11-4-3-5-13(21)6-11/h3-6,9-10,12H,7-8H2,1-2H3,(H,23,26,27)/t12-/m1/s1. The number of H-pyrrole nitrogens is 1. The van der Waals surface area contributed by atoms with E-state index in [1.165, 1.54) is 10.8 Å². The van der Waals surface area contributed by atoms with Crippen molar-refractivity contribution in [3.63, 3.8) is 0 Å². The van der Waals surface area contributed by atoms with Crippen molar-refractivity contribution in [1.82, 2.24) is 14.5 Å². The Balaban J connectivity index is 1.97. The molecule has 0 unspecified atom stereocenters. The third kappa shape index (κ3) is 2.90. The number of benzene rings is 1. The highest BCUT2D eigenvalue weighted by molar-refractivity contribution is 6.30. The van der Waals surface area contributed by atoms with Crippen LogP contribution in [-0.4, -0.2) is 20.3 Å². The van der Waals surface area contributed by atoms with Gasteiger partial charge in [0, 0.05) is 29.2 Å². The maximum atomic E-state index is 12.7. The molecule has 27 heavy (non-hydrogen) atoms. The molecule has 6 nitrogen and oxygen atoms in total. The number of pyridine rings is 1. The molecule has 1 aliphatic carbocycles. The van der Waals surface area contributed by atoms with Crippen LogP contribution in [-0.2, 0) is 6.42 Å². The zero-order valence-corrected chi connectivity index (χ0v) is 15.7. The van der Waals surface area contributed by atoms with Gasteiger partial charge in [-0.05, 0) is 49.4 Å². The van der Waals surface area contributed by atoms with E-state index in [2.05, 4.69) is 9.97 Å². The van der Waals surface area contributed by atoms with E-state index >= 15 is 0 Å². The maximum Gasteiger partial charge on any atom is 0.330 e. The van der Waals surface area contributed by atoms with Gasteiger partial charge in [-0.3, -0.25) is 19.1 Å². The van der Waals surface area contributed by atoms with Gasteiger partial charge in [-0.1, -0.05) is 23.7 Å². The zero-order chi connectivity index (χ0) is 19.3. The van der Waals surface area contributed by atoms with E-state index in [1.807, 2.05) is 32.0 Å². The van der Waals surface area contributed by atoms with Crippen molar-refractivity contribution in [3.05, 3.63) is 73.0 Å². The summed E-state index contributed by atoms with van der Waals surface area (Å²) in [4.78, 5) is 44.3. The van der Waals surface area contributed by atoms with Crippen molar-refractivity contribution in [3.8, 4) is 0 Å². The lowest BCUT2D eigenvalue weighted by Crippen LogP contribution is -2.33. The van der Waals surface area contributed by atoms with Gasteiger partial charge >= 0.3 is 5.69 Å². The number of Topliss-reactive ketones (excluding diaryl/α,β-unsaturated/α-hetero) is 1. The predicted octanol–water partition coefficient (Wildman–Crippen LogP) is 3.23. The van der Waals surface area contributed by atoms with Gasteiger partial charge in [-0.25, -0.2) is 9.78 Å². The Kier molecular flexibility index (Phi) is 4.23. The molecule has 2 aromatic heterocycles. The van der Waals surface area contributed by atoms with Crippen LogP contribution in [0, 0.1) is 0 Å². The van der Waals surface area contributed by atoms with E-state index < -0.39 is 11.2 Å². The summed E-state index contributed by atoms with van der Waals surface area (Å²) in [5.74, 6) is -0.134. The van der Waals surface area contributed by atoms with Crippen LogP contribution >= 0.6 is 11.6 Å². The van der Waals surface area contributed by atoms with Crippen LogP contribution in [0.15, 0.2) is 40.1 Å². The third-order valence-electron chi connectivity index (χ3n) is 5.08. The summed E-state index contributed by atoms with van der Waals surface area (Å²) in [6, 6.07) is 7.25. The van der Waals surface area contributed by atoms with E-state index in [4.69, 9.17) is 11.6 Å². The summed E-state index contributed by atoms with van der Waals surface area (Å²) < 4.78 is 1.45. The molecule has 0 bridgehead atoms. The Hall–Kier alpha value is -2.73. The molecule has 2 heterocycles. The van der Waals surface area contributed by atoms with Crippen LogP contribution < -0.4 is 11.2 Å². The number of hydrogen-bond donors (Lipinski definition) is 1. The Morgan fingerprint density at radius 1 is 1.22 bits per heavy atom. The third-order valence-corrected chi connectivity index (χ3v) is 5.32. The molecule has 138 valence electrons. The fourth-order valence-corrected chi connectivity index (χ4v) is 4.05. The Labute approximate surface area is 159 Å².